The lowest BCUT2D eigenvalue weighted by atomic mass is 9.83. The van der Waals surface area contributed by atoms with Crippen molar-refractivity contribution in [2.24, 2.45) is 11.8 Å². The monoisotopic (exact) mass is 814 g/mol. The second kappa shape index (κ2) is 18.3. The summed E-state index contributed by atoms with van der Waals surface area (Å²) in [5.41, 5.74) is 14.2. The maximum Gasteiger partial charge on any atom is 0.360 e. The first-order valence-corrected chi connectivity index (χ1v) is 22.8. The Morgan fingerprint density at radius 3 is 2.02 bits per heavy atom. The minimum Gasteiger partial charge on any atom is -0.593 e. The van der Waals surface area contributed by atoms with Gasteiger partial charge in [-0.2, -0.15) is 4.72 Å². The normalized spacial score (nSPS) is 18.5. The van der Waals surface area contributed by atoms with Gasteiger partial charge in [-0.15, -0.1) is 0 Å². The van der Waals surface area contributed by atoms with E-state index in [9.17, 15) is 18.9 Å². The predicted octanol–water partition coefficient (Wildman–Crippen LogP) is 7.44. The lowest BCUT2D eigenvalue weighted by molar-refractivity contribution is -0.120. The van der Waals surface area contributed by atoms with Gasteiger partial charge in [-0.25, -0.2) is 9.59 Å². The van der Waals surface area contributed by atoms with Crippen LogP contribution in [0.2, 0.25) is 0 Å². The number of nitrogens with one attached hydrogen (secondary N) is 4. The van der Waals surface area contributed by atoms with Crippen molar-refractivity contribution in [3.63, 3.8) is 0 Å². The van der Waals surface area contributed by atoms with Crippen LogP contribution in [0.3, 0.4) is 0 Å². The first-order valence-electron chi connectivity index (χ1n) is 21.4. The van der Waals surface area contributed by atoms with Gasteiger partial charge in [-0.1, -0.05) is 79.7 Å². The van der Waals surface area contributed by atoms with Gasteiger partial charge in [0.25, 0.3) is 0 Å². The second-order valence-electron chi connectivity index (χ2n) is 17.5. The molecule has 0 aliphatic heterocycles. The molecule has 4 aromatic rings. The number of urea groups is 2. The largest absolute Gasteiger partial charge is 0.593 e. The molecule has 0 bridgehead atoms. The molecule has 4 aliphatic rings. The van der Waals surface area contributed by atoms with E-state index in [-0.39, 0.29) is 24.3 Å². The summed E-state index contributed by atoms with van der Waals surface area (Å²) < 4.78 is 16.0. The van der Waals surface area contributed by atoms with Crippen LogP contribution >= 0.6 is 0 Å². The average Bonchev–Trinajstić information content (AvgIpc) is 4.01. The second-order valence-corrected chi connectivity index (χ2v) is 18.8. The first kappa shape index (κ1) is 41.1. The number of benzene rings is 4. The van der Waals surface area contributed by atoms with Crippen LogP contribution in [0.15, 0.2) is 72.8 Å². The standard InChI is InChI=1S/C48H58N6O4S/c1-31(26-53(2)27-32-12-6-4-7-13-32)30-59(58)52-48(57)50-45-40-18-10-17-35(40)23-37-24-38(25-42(37)45)39-21-20-36-22-34-16-11-19-41(34)46(44(36)39)51-47(56)49-43(55)29-54(3)28-33-14-8-5-9-15-33/h4-9,12-15,22-23,31,38-39H,10-11,16-21,24-30H2,1-3H3,(H2,50,52,57)(H2,49,51,55,56). The molecule has 5 amide bonds. The Bertz CT molecular complexity index is 2180. The minimum atomic E-state index is -1.52. The summed E-state index contributed by atoms with van der Waals surface area (Å²) in [5, 5.41) is 9.04. The van der Waals surface area contributed by atoms with E-state index in [1.54, 1.807) is 0 Å². The molecular formula is C48H58N6O4S. The predicted molar refractivity (Wildman–Crippen MR) is 236 cm³/mol. The Balaban J connectivity index is 0.932. The summed E-state index contributed by atoms with van der Waals surface area (Å²) in [6.45, 7) is 4.37. The molecule has 4 atom stereocenters. The molecule has 4 aromatic carbocycles. The van der Waals surface area contributed by atoms with Crippen LogP contribution in [-0.4, -0.2) is 65.3 Å². The molecule has 4 N–H and O–H groups in total. The first-order chi connectivity index (χ1) is 28.6. The minimum absolute atomic E-state index is 0.108. The number of anilines is 2. The molecule has 4 aliphatic carbocycles. The maximum atomic E-state index is 13.5. The molecule has 8 rings (SSSR count). The van der Waals surface area contributed by atoms with Crippen LogP contribution in [0.4, 0.5) is 21.0 Å². The molecular weight excluding hydrogens is 757 g/mol. The molecule has 0 fully saturated rings. The highest BCUT2D eigenvalue weighted by Gasteiger charge is 2.40. The number of aryl methyl sites for hydroxylation is 3. The van der Waals surface area contributed by atoms with E-state index in [2.05, 4.69) is 63.8 Å². The highest BCUT2D eigenvalue weighted by Crippen LogP contribution is 2.51. The number of fused-ring (bicyclic) bond motifs is 4. The quantitative estimate of drug-likeness (QED) is 0.0981. The Morgan fingerprint density at radius 1 is 0.729 bits per heavy atom. The number of carbonyl (C=O) groups is 3. The number of nitrogens with zero attached hydrogens (tertiary/aromatic N) is 2. The van der Waals surface area contributed by atoms with Gasteiger partial charge < -0.3 is 20.1 Å². The van der Waals surface area contributed by atoms with Crippen molar-refractivity contribution in [3.8, 4) is 0 Å². The van der Waals surface area contributed by atoms with Gasteiger partial charge in [0.05, 0.1) is 17.9 Å². The molecule has 59 heavy (non-hydrogen) atoms. The van der Waals surface area contributed by atoms with E-state index in [0.717, 1.165) is 94.2 Å². The van der Waals surface area contributed by atoms with E-state index in [0.29, 0.717) is 18.2 Å². The van der Waals surface area contributed by atoms with Crippen LogP contribution in [0.5, 0.6) is 0 Å². The highest BCUT2D eigenvalue weighted by atomic mass is 32.2. The van der Waals surface area contributed by atoms with Gasteiger partial charge in [0.2, 0.25) is 5.91 Å². The summed E-state index contributed by atoms with van der Waals surface area (Å²) in [5.74, 6) is 0.699. The van der Waals surface area contributed by atoms with Crippen molar-refractivity contribution < 1.29 is 18.9 Å². The van der Waals surface area contributed by atoms with Crippen molar-refractivity contribution in [3.05, 3.63) is 128 Å². The summed E-state index contributed by atoms with van der Waals surface area (Å²) in [6.07, 6.45) is 9.60. The number of imide groups is 1. The Labute approximate surface area is 352 Å². The fourth-order valence-corrected chi connectivity index (χ4v) is 11.4. The number of amides is 5. The molecule has 0 aromatic heterocycles. The Morgan fingerprint density at radius 2 is 1.34 bits per heavy atom. The molecule has 0 radical (unpaired) electrons. The fraction of sp³-hybridized carbons (Fsp3) is 0.438. The Kier molecular flexibility index (Phi) is 12.7. The van der Waals surface area contributed by atoms with Crippen LogP contribution in [-0.2, 0) is 74.2 Å². The van der Waals surface area contributed by atoms with Crippen molar-refractivity contribution in [1.29, 1.82) is 0 Å². The third-order valence-electron chi connectivity index (χ3n) is 12.7. The third kappa shape index (κ3) is 9.70. The van der Waals surface area contributed by atoms with Gasteiger partial charge in [0.1, 0.15) is 5.75 Å². The van der Waals surface area contributed by atoms with Crippen molar-refractivity contribution in [2.45, 2.75) is 90.1 Å². The number of likely N-dealkylation sites (N-methyl/N-ethyl adjacent to an activating group) is 1. The summed E-state index contributed by atoms with van der Waals surface area (Å²) in [7, 11) is 3.95. The number of hydrogen-bond donors (Lipinski definition) is 4. The lowest BCUT2D eigenvalue weighted by Gasteiger charge is -2.25. The fourth-order valence-electron chi connectivity index (χ4n) is 10.4. The van der Waals surface area contributed by atoms with E-state index in [4.69, 9.17) is 0 Å². The van der Waals surface area contributed by atoms with Crippen LogP contribution < -0.4 is 20.7 Å². The van der Waals surface area contributed by atoms with E-state index in [1.807, 2.05) is 60.5 Å². The van der Waals surface area contributed by atoms with Crippen molar-refractivity contribution >= 4 is 40.7 Å². The number of hydrogen-bond acceptors (Lipinski definition) is 6. The zero-order chi connectivity index (χ0) is 41.0. The van der Waals surface area contributed by atoms with Gasteiger partial charge in [0.15, 0.2) is 0 Å². The SMILES string of the molecule is CC(CN(C)Cc1ccccc1)C[S+]([O-])NC(=O)Nc1c2c(cc3c1CC(C1CCc4cc5c(c(NC(=O)NC(=O)CN(C)Cc6ccccc6)c41)CCC5)C3)CCC2. The van der Waals surface area contributed by atoms with E-state index in [1.165, 1.54) is 50.1 Å². The number of rotatable bonds is 14. The molecule has 0 saturated heterocycles. The molecule has 11 heteroatoms. The smallest absolute Gasteiger partial charge is 0.360 e. The molecule has 0 spiro atoms. The lowest BCUT2D eigenvalue weighted by Crippen LogP contribution is -2.40. The summed E-state index contributed by atoms with van der Waals surface area (Å²) in [6, 6.07) is 24.1. The topological polar surface area (TPSA) is 129 Å². The molecule has 4 unspecified atom stereocenters. The highest BCUT2D eigenvalue weighted by molar-refractivity contribution is 7.90. The summed E-state index contributed by atoms with van der Waals surface area (Å²) >= 11 is -1.52. The Hall–Kier alpha value is -4.68. The van der Waals surface area contributed by atoms with Gasteiger partial charge in [-0.05, 0) is 146 Å². The zero-order valence-corrected chi connectivity index (χ0v) is 35.5. The number of carbonyl (C=O) groups excluding carboxylic acids is 3. The molecule has 310 valence electrons. The third-order valence-corrected chi connectivity index (χ3v) is 14.0. The van der Waals surface area contributed by atoms with Crippen LogP contribution in [0.1, 0.15) is 87.7 Å². The van der Waals surface area contributed by atoms with E-state index < -0.39 is 23.4 Å². The van der Waals surface area contributed by atoms with Crippen molar-refractivity contribution in [2.75, 3.05) is 43.6 Å². The molecule has 10 nitrogen and oxygen atoms in total. The van der Waals surface area contributed by atoms with Gasteiger partial charge >= 0.3 is 12.1 Å². The van der Waals surface area contributed by atoms with Gasteiger partial charge in [-0.3, -0.25) is 15.0 Å². The molecule has 0 saturated carbocycles. The average molecular weight is 815 g/mol. The summed E-state index contributed by atoms with van der Waals surface area (Å²) in [4.78, 5) is 44.3. The van der Waals surface area contributed by atoms with Crippen LogP contribution in [0.25, 0.3) is 0 Å². The zero-order valence-electron chi connectivity index (χ0n) is 34.7. The van der Waals surface area contributed by atoms with Crippen LogP contribution in [0, 0.1) is 11.8 Å². The molecule has 0 heterocycles. The van der Waals surface area contributed by atoms with E-state index >= 15 is 0 Å². The van der Waals surface area contributed by atoms with Crippen molar-refractivity contribution in [1.82, 2.24) is 19.8 Å². The maximum absolute atomic E-state index is 13.5. The van der Waals surface area contributed by atoms with Gasteiger partial charge in [0, 0.05) is 36.9 Å².